The maximum atomic E-state index is 13.2. The molecule has 0 bridgehead atoms. The molecule has 156 valence electrons. The van der Waals surface area contributed by atoms with Gasteiger partial charge in [-0.05, 0) is 63.4 Å². The Bertz CT molecular complexity index is 832. The molecule has 1 fully saturated rings. The number of carbonyl (C=O) groups is 1. The Labute approximate surface area is 167 Å². The first-order chi connectivity index (χ1) is 13.2. The molecule has 2 aliphatic heterocycles. The molecule has 0 radical (unpaired) electrons. The average Bonchev–Trinajstić information content (AvgIpc) is 3.28. The summed E-state index contributed by atoms with van der Waals surface area (Å²) >= 11 is 0. The van der Waals surface area contributed by atoms with Gasteiger partial charge in [-0.1, -0.05) is 13.8 Å². The Hall–Kier alpha value is -1.64. The molecule has 0 aliphatic carbocycles. The summed E-state index contributed by atoms with van der Waals surface area (Å²) in [4.78, 5) is 13.3. The topological polar surface area (TPSA) is 96.5 Å². The van der Waals surface area contributed by atoms with Crippen molar-refractivity contribution in [2.24, 2.45) is 5.92 Å². The number of ether oxygens (including phenoxy) is 1. The molecule has 1 aromatic carbocycles. The number of amides is 1. The zero-order chi connectivity index (χ0) is 20.5. The zero-order valence-electron chi connectivity index (χ0n) is 17.0. The number of rotatable bonds is 7. The lowest BCUT2D eigenvalue weighted by Crippen LogP contribution is -2.48. The van der Waals surface area contributed by atoms with Gasteiger partial charge in [0.25, 0.3) is 5.91 Å². The van der Waals surface area contributed by atoms with Crippen LogP contribution in [0.4, 0.5) is 0 Å². The smallest absolute Gasteiger partial charge is 0.255 e. The van der Waals surface area contributed by atoms with E-state index in [1.165, 1.54) is 13.1 Å². The highest BCUT2D eigenvalue weighted by Crippen LogP contribution is 2.35. The van der Waals surface area contributed by atoms with Gasteiger partial charge in [-0.15, -0.1) is 0 Å². The van der Waals surface area contributed by atoms with Crippen LogP contribution in [0.5, 0.6) is 5.75 Å². The van der Waals surface area contributed by atoms with Gasteiger partial charge in [0.05, 0.1) is 10.5 Å². The molecular formula is C20H31N3O4S. The summed E-state index contributed by atoms with van der Waals surface area (Å²) in [6, 6.07) is 3.26. The van der Waals surface area contributed by atoms with Crippen LogP contribution in [0.1, 0.15) is 56.0 Å². The average molecular weight is 410 g/mol. The molecule has 1 saturated heterocycles. The molecule has 28 heavy (non-hydrogen) atoms. The highest BCUT2D eigenvalue weighted by molar-refractivity contribution is 7.89. The molecule has 1 amide bonds. The first-order valence-corrected chi connectivity index (χ1v) is 11.5. The van der Waals surface area contributed by atoms with Gasteiger partial charge in [0, 0.05) is 18.5 Å². The second kappa shape index (κ2) is 8.39. The van der Waals surface area contributed by atoms with Gasteiger partial charge >= 0.3 is 0 Å². The largest absolute Gasteiger partial charge is 0.489 e. The van der Waals surface area contributed by atoms with Gasteiger partial charge < -0.3 is 15.4 Å². The Morgan fingerprint density at radius 3 is 2.71 bits per heavy atom. The lowest BCUT2D eigenvalue weighted by molar-refractivity contribution is 0.0918. The minimum absolute atomic E-state index is 0.00552. The third-order valence-corrected chi connectivity index (χ3v) is 6.81. The molecule has 3 atom stereocenters. The van der Waals surface area contributed by atoms with Crippen LogP contribution >= 0.6 is 0 Å². The van der Waals surface area contributed by atoms with Gasteiger partial charge in [0.2, 0.25) is 10.0 Å². The van der Waals surface area contributed by atoms with Gasteiger partial charge in [-0.2, -0.15) is 0 Å². The van der Waals surface area contributed by atoms with E-state index in [9.17, 15) is 13.2 Å². The lowest BCUT2D eigenvalue weighted by Gasteiger charge is -2.27. The van der Waals surface area contributed by atoms with Crippen molar-refractivity contribution in [3.8, 4) is 5.75 Å². The molecular weight excluding hydrogens is 378 g/mol. The Kier molecular flexibility index (Phi) is 6.31. The molecule has 8 heteroatoms. The predicted molar refractivity (Wildman–Crippen MR) is 108 cm³/mol. The monoisotopic (exact) mass is 409 g/mol. The molecule has 1 aromatic rings. The van der Waals surface area contributed by atoms with Crippen molar-refractivity contribution in [3.05, 3.63) is 23.3 Å². The van der Waals surface area contributed by atoms with Crippen molar-refractivity contribution in [1.29, 1.82) is 0 Å². The normalized spacial score (nSPS) is 22.8. The fourth-order valence-electron chi connectivity index (χ4n) is 4.08. The summed E-state index contributed by atoms with van der Waals surface area (Å²) in [6.45, 7) is 7.15. The van der Waals surface area contributed by atoms with Crippen LogP contribution in [-0.4, -0.2) is 46.1 Å². The predicted octanol–water partition coefficient (Wildman–Crippen LogP) is 1.81. The number of hydrogen-bond acceptors (Lipinski definition) is 5. The minimum atomic E-state index is -3.65. The summed E-state index contributed by atoms with van der Waals surface area (Å²) in [7, 11) is -2.29. The minimum Gasteiger partial charge on any atom is -0.489 e. The van der Waals surface area contributed by atoms with E-state index in [1.807, 2.05) is 6.92 Å². The van der Waals surface area contributed by atoms with E-state index in [0.717, 1.165) is 31.4 Å². The number of fused-ring (bicyclic) bond motifs is 1. The van der Waals surface area contributed by atoms with Crippen molar-refractivity contribution < 1.29 is 17.9 Å². The molecule has 3 N–H and O–H groups in total. The van der Waals surface area contributed by atoms with E-state index in [2.05, 4.69) is 29.2 Å². The summed E-state index contributed by atoms with van der Waals surface area (Å²) in [5, 5.41) is 6.62. The third kappa shape index (κ3) is 4.50. The van der Waals surface area contributed by atoms with Crippen LogP contribution in [0.2, 0.25) is 0 Å². The van der Waals surface area contributed by atoms with Gasteiger partial charge in [-0.25, -0.2) is 13.1 Å². The van der Waals surface area contributed by atoms with E-state index in [-0.39, 0.29) is 29.0 Å². The molecule has 7 nitrogen and oxygen atoms in total. The van der Waals surface area contributed by atoms with Crippen LogP contribution in [0, 0.1) is 5.92 Å². The summed E-state index contributed by atoms with van der Waals surface area (Å²) in [5.74, 6) is 0.659. The van der Waals surface area contributed by atoms with E-state index >= 15 is 0 Å². The standard InChI is InChI=1S/C20H31N3O4S/c1-12(2)8-18(17-6-5-7-22-17)23-20(24)16-11-15(28(25,26)21-4)10-14-9-13(3)27-19(14)16/h10-13,17-18,21-22H,5-9H2,1-4H3,(H,23,24). The molecule has 2 heterocycles. The SMILES string of the molecule is CNS(=O)(=O)c1cc2c(c(C(=O)NC(CC(C)C)C3CCCN3)c1)OC(C)C2. The number of sulfonamides is 1. The maximum Gasteiger partial charge on any atom is 0.255 e. The van der Waals surface area contributed by atoms with E-state index in [0.29, 0.717) is 23.7 Å². The lowest BCUT2D eigenvalue weighted by atomic mass is 9.95. The van der Waals surface area contributed by atoms with Crippen LogP contribution in [0.25, 0.3) is 0 Å². The van der Waals surface area contributed by atoms with Crippen molar-refractivity contribution in [2.45, 2.75) is 69.5 Å². The van der Waals surface area contributed by atoms with Gasteiger partial charge in [-0.3, -0.25) is 4.79 Å². The zero-order valence-corrected chi connectivity index (χ0v) is 17.9. The van der Waals surface area contributed by atoms with Crippen molar-refractivity contribution >= 4 is 15.9 Å². The number of carbonyl (C=O) groups excluding carboxylic acids is 1. The van der Waals surface area contributed by atoms with Crippen molar-refractivity contribution in [2.75, 3.05) is 13.6 Å². The molecule has 3 rings (SSSR count). The van der Waals surface area contributed by atoms with Crippen molar-refractivity contribution in [1.82, 2.24) is 15.4 Å². The third-order valence-electron chi connectivity index (χ3n) is 5.42. The molecule has 0 spiro atoms. The fraction of sp³-hybridized carbons (Fsp3) is 0.650. The van der Waals surface area contributed by atoms with Crippen LogP contribution in [0.3, 0.4) is 0 Å². The first-order valence-electron chi connectivity index (χ1n) is 10.0. The van der Waals surface area contributed by atoms with Crippen molar-refractivity contribution in [3.63, 3.8) is 0 Å². The number of hydrogen-bond donors (Lipinski definition) is 3. The van der Waals surface area contributed by atoms with Gasteiger partial charge in [0.15, 0.2) is 0 Å². The van der Waals surface area contributed by atoms with Gasteiger partial charge in [0.1, 0.15) is 11.9 Å². The van der Waals surface area contributed by atoms with Crippen LogP contribution < -0.4 is 20.1 Å². The Balaban J connectivity index is 1.93. The molecule has 2 aliphatic rings. The second-order valence-electron chi connectivity index (χ2n) is 8.21. The van der Waals surface area contributed by atoms with E-state index in [4.69, 9.17) is 4.74 Å². The summed E-state index contributed by atoms with van der Waals surface area (Å²) < 4.78 is 32.9. The highest BCUT2D eigenvalue weighted by atomic mass is 32.2. The van der Waals surface area contributed by atoms with E-state index < -0.39 is 10.0 Å². The number of benzene rings is 1. The maximum absolute atomic E-state index is 13.2. The molecule has 3 unspecified atom stereocenters. The van der Waals surface area contributed by atoms with E-state index in [1.54, 1.807) is 6.07 Å². The molecule has 0 saturated carbocycles. The molecule has 0 aromatic heterocycles. The van der Waals surface area contributed by atoms with Crippen LogP contribution in [-0.2, 0) is 16.4 Å². The fourth-order valence-corrected chi connectivity index (χ4v) is 4.88. The second-order valence-corrected chi connectivity index (χ2v) is 10.1. The Morgan fingerprint density at radius 2 is 2.11 bits per heavy atom. The quantitative estimate of drug-likeness (QED) is 0.638. The summed E-state index contributed by atoms with van der Waals surface area (Å²) in [5.41, 5.74) is 1.05. The first kappa shape index (κ1) is 21.1. The number of nitrogens with one attached hydrogen (secondary N) is 3. The van der Waals surface area contributed by atoms with Crippen LogP contribution in [0.15, 0.2) is 17.0 Å². The highest BCUT2D eigenvalue weighted by Gasteiger charge is 2.32. The Morgan fingerprint density at radius 1 is 1.36 bits per heavy atom. The summed E-state index contributed by atoms with van der Waals surface area (Å²) in [6.07, 6.45) is 3.48.